The lowest BCUT2D eigenvalue weighted by Gasteiger charge is -2.18. The Morgan fingerprint density at radius 2 is 1.85 bits per heavy atom. The fourth-order valence-corrected chi connectivity index (χ4v) is 4.54. The van der Waals surface area contributed by atoms with E-state index in [-0.39, 0.29) is 24.4 Å². The van der Waals surface area contributed by atoms with Crippen LogP contribution >= 0.6 is 11.3 Å². The van der Waals surface area contributed by atoms with Gasteiger partial charge >= 0.3 is 0 Å². The monoisotopic (exact) mass is 477 g/mol. The van der Waals surface area contributed by atoms with Crippen molar-refractivity contribution in [2.24, 2.45) is 0 Å². The van der Waals surface area contributed by atoms with Gasteiger partial charge in [-0.05, 0) is 24.6 Å². The number of hydrogen-bond acceptors (Lipinski definition) is 6. The maximum absolute atomic E-state index is 13.2. The molecule has 0 atom stereocenters. The fraction of sp³-hybridized carbons (Fsp3) is 0.269. The van der Waals surface area contributed by atoms with Crippen molar-refractivity contribution in [2.45, 2.75) is 19.9 Å². The molecular weight excluding hydrogens is 450 g/mol. The van der Waals surface area contributed by atoms with Gasteiger partial charge in [0.2, 0.25) is 5.91 Å². The summed E-state index contributed by atoms with van der Waals surface area (Å²) < 4.78 is 12.5. The fourth-order valence-electron chi connectivity index (χ4n) is 3.63. The van der Waals surface area contributed by atoms with Crippen LogP contribution in [-0.2, 0) is 11.3 Å². The molecular formula is C26H27N3O4S. The Labute approximate surface area is 202 Å². The highest BCUT2D eigenvalue weighted by atomic mass is 32.1. The van der Waals surface area contributed by atoms with Gasteiger partial charge in [-0.2, -0.15) is 0 Å². The Balaban J connectivity index is 1.39. The van der Waals surface area contributed by atoms with E-state index in [9.17, 15) is 9.59 Å². The molecule has 7 nitrogen and oxygen atoms in total. The summed E-state index contributed by atoms with van der Waals surface area (Å²) in [5.74, 6) is 1.22. The van der Waals surface area contributed by atoms with Crippen molar-refractivity contribution in [3.05, 3.63) is 76.2 Å². The summed E-state index contributed by atoms with van der Waals surface area (Å²) in [4.78, 5) is 32.6. The average Bonchev–Trinajstić information content (AvgIpc) is 3.29. The van der Waals surface area contributed by atoms with Gasteiger partial charge in [0.15, 0.2) is 11.5 Å². The van der Waals surface area contributed by atoms with E-state index in [1.807, 2.05) is 60.8 Å². The molecule has 0 aliphatic carbocycles. The number of aryl methyl sites for hydroxylation is 2. The summed E-state index contributed by atoms with van der Waals surface area (Å²) in [6.07, 6.45) is 1.72. The number of carbonyl (C=O) groups excluding carboxylic acids is 1. The number of para-hydroxylation sites is 2. The van der Waals surface area contributed by atoms with Crippen molar-refractivity contribution in [1.82, 2.24) is 14.5 Å². The maximum Gasteiger partial charge on any atom is 0.262 e. The van der Waals surface area contributed by atoms with E-state index in [0.717, 1.165) is 16.7 Å². The molecule has 0 radical (unpaired) electrons. The number of rotatable bonds is 9. The first-order valence-corrected chi connectivity index (χ1v) is 11.9. The summed E-state index contributed by atoms with van der Waals surface area (Å²) in [7, 11) is 3.32. The molecule has 1 amide bonds. The van der Waals surface area contributed by atoms with E-state index in [4.69, 9.17) is 9.47 Å². The van der Waals surface area contributed by atoms with Crippen molar-refractivity contribution in [1.29, 1.82) is 0 Å². The number of likely N-dealkylation sites (N-methyl/N-ethyl adjacent to an activating group) is 1. The number of hydrogen-bond donors (Lipinski definition) is 0. The van der Waals surface area contributed by atoms with E-state index in [2.05, 4.69) is 4.98 Å². The summed E-state index contributed by atoms with van der Waals surface area (Å²) in [6, 6.07) is 15.5. The third kappa shape index (κ3) is 5.12. The second kappa shape index (κ2) is 10.5. The number of methoxy groups -OCH3 is 1. The maximum atomic E-state index is 13.2. The average molecular weight is 478 g/mol. The third-order valence-corrected chi connectivity index (χ3v) is 6.56. The number of aromatic nitrogens is 2. The molecule has 176 valence electrons. The Kier molecular flexibility index (Phi) is 7.27. The molecule has 0 aliphatic rings. The first kappa shape index (κ1) is 23.5. The molecule has 34 heavy (non-hydrogen) atoms. The lowest BCUT2D eigenvalue weighted by atomic mass is 10.1. The van der Waals surface area contributed by atoms with Gasteiger partial charge < -0.3 is 14.4 Å². The summed E-state index contributed by atoms with van der Waals surface area (Å²) in [5, 5.41) is 2.57. The summed E-state index contributed by atoms with van der Waals surface area (Å²) in [6.45, 7) is 3.06. The van der Waals surface area contributed by atoms with Crippen molar-refractivity contribution in [2.75, 3.05) is 27.3 Å². The smallest absolute Gasteiger partial charge is 0.262 e. The zero-order valence-corrected chi connectivity index (χ0v) is 20.3. The molecule has 0 N–H and O–H groups in total. The largest absolute Gasteiger partial charge is 0.493 e. The molecule has 0 bridgehead atoms. The van der Waals surface area contributed by atoms with Gasteiger partial charge in [-0.1, -0.05) is 42.0 Å². The Morgan fingerprint density at radius 3 is 2.59 bits per heavy atom. The van der Waals surface area contributed by atoms with Crippen LogP contribution < -0.4 is 15.0 Å². The van der Waals surface area contributed by atoms with Crippen molar-refractivity contribution in [3.8, 4) is 22.6 Å². The third-order valence-electron chi connectivity index (χ3n) is 5.67. The van der Waals surface area contributed by atoms with Crippen LogP contribution in [0.5, 0.6) is 11.5 Å². The lowest BCUT2D eigenvalue weighted by molar-refractivity contribution is -0.130. The lowest BCUT2D eigenvalue weighted by Crippen LogP contribution is -2.32. The zero-order valence-electron chi connectivity index (χ0n) is 19.5. The second-order valence-corrected chi connectivity index (χ2v) is 8.86. The highest BCUT2D eigenvalue weighted by molar-refractivity contribution is 7.17. The van der Waals surface area contributed by atoms with E-state index in [1.54, 1.807) is 19.1 Å². The van der Waals surface area contributed by atoms with Crippen LogP contribution in [0.1, 0.15) is 12.0 Å². The molecule has 8 heteroatoms. The molecule has 0 spiro atoms. The SMILES string of the molecule is COc1ccccc1OCCN(C)C(=O)CCn1cnc2scc(-c3ccc(C)cc3)c2c1=O. The van der Waals surface area contributed by atoms with Gasteiger partial charge in [0.05, 0.1) is 25.4 Å². The van der Waals surface area contributed by atoms with Crippen LogP contribution in [0.25, 0.3) is 21.3 Å². The first-order valence-electron chi connectivity index (χ1n) is 11.0. The van der Waals surface area contributed by atoms with Crippen molar-refractivity contribution >= 4 is 27.5 Å². The zero-order chi connectivity index (χ0) is 24.1. The summed E-state index contributed by atoms with van der Waals surface area (Å²) >= 11 is 1.45. The van der Waals surface area contributed by atoms with E-state index < -0.39 is 0 Å². The topological polar surface area (TPSA) is 73.7 Å². The van der Waals surface area contributed by atoms with Gasteiger partial charge in [0.1, 0.15) is 11.4 Å². The highest BCUT2D eigenvalue weighted by Gasteiger charge is 2.15. The predicted molar refractivity (Wildman–Crippen MR) is 135 cm³/mol. The van der Waals surface area contributed by atoms with Gasteiger partial charge in [0, 0.05) is 31.0 Å². The van der Waals surface area contributed by atoms with Gasteiger partial charge in [-0.25, -0.2) is 4.98 Å². The second-order valence-electron chi connectivity index (χ2n) is 8.00. The number of thiophene rings is 1. The van der Waals surface area contributed by atoms with Gasteiger partial charge in [0.25, 0.3) is 5.56 Å². The van der Waals surface area contributed by atoms with Crippen LogP contribution in [-0.4, -0.2) is 47.7 Å². The Bertz CT molecular complexity index is 1340. The minimum absolute atomic E-state index is 0.0697. The number of amides is 1. The molecule has 2 aromatic heterocycles. The number of nitrogens with zero attached hydrogens (tertiary/aromatic N) is 3. The molecule has 0 aliphatic heterocycles. The number of fused-ring (bicyclic) bond motifs is 1. The molecule has 2 aromatic carbocycles. The Morgan fingerprint density at radius 1 is 1.12 bits per heavy atom. The van der Waals surface area contributed by atoms with Gasteiger partial charge in [-0.15, -0.1) is 11.3 Å². The van der Waals surface area contributed by atoms with Crippen LogP contribution in [0.15, 0.2) is 65.0 Å². The molecule has 0 saturated heterocycles. The highest BCUT2D eigenvalue weighted by Crippen LogP contribution is 2.30. The van der Waals surface area contributed by atoms with Crippen molar-refractivity contribution in [3.63, 3.8) is 0 Å². The van der Waals surface area contributed by atoms with E-state index >= 15 is 0 Å². The van der Waals surface area contributed by atoms with Gasteiger partial charge in [-0.3, -0.25) is 14.2 Å². The molecule has 4 rings (SSSR count). The van der Waals surface area contributed by atoms with Crippen LogP contribution in [0, 0.1) is 6.92 Å². The predicted octanol–water partition coefficient (Wildman–Crippen LogP) is 4.37. The number of carbonyl (C=O) groups is 1. The first-order chi connectivity index (χ1) is 16.5. The van der Waals surface area contributed by atoms with Crippen molar-refractivity contribution < 1.29 is 14.3 Å². The minimum atomic E-state index is -0.128. The van der Waals surface area contributed by atoms with Crippen LogP contribution in [0.2, 0.25) is 0 Å². The summed E-state index contributed by atoms with van der Waals surface area (Å²) in [5.41, 5.74) is 2.90. The number of benzene rings is 2. The molecule has 2 heterocycles. The Hall–Kier alpha value is -3.65. The molecule has 0 fully saturated rings. The van der Waals surface area contributed by atoms with Crippen LogP contribution in [0.3, 0.4) is 0 Å². The van der Waals surface area contributed by atoms with Crippen LogP contribution in [0.4, 0.5) is 0 Å². The molecule has 4 aromatic rings. The molecule has 0 saturated carbocycles. The standard InChI is InChI=1S/C26H27N3O4S/c1-18-8-10-19(11-9-18)20-16-34-25-24(20)26(31)29(17-27-25)13-12-23(30)28(2)14-15-33-22-7-5-4-6-21(22)32-3/h4-11,16-17H,12-15H2,1-3H3. The van der Waals surface area contributed by atoms with E-state index in [1.165, 1.54) is 22.2 Å². The van der Waals surface area contributed by atoms with E-state index in [0.29, 0.717) is 34.9 Å². The quantitative estimate of drug-likeness (QED) is 0.358. The molecule has 0 unspecified atom stereocenters. The number of ether oxygens (including phenoxy) is 2. The minimum Gasteiger partial charge on any atom is -0.493 e. The normalized spacial score (nSPS) is 10.9.